The lowest BCUT2D eigenvalue weighted by Crippen LogP contribution is -2.01. The third-order valence-electron chi connectivity index (χ3n) is 3.98. The summed E-state index contributed by atoms with van der Waals surface area (Å²) in [6.07, 6.45) is 13.8. The number of thioether (sulfide) groups is 1. The first-order valence-electron chi connectivity index (χ1n) is 8.63. The van der Waals surface area contributed by atoms with Gasteiger partial charge in [0.15, 0.2) is 0 Å². The van der Waals surface area contributed by atoms with Gasteiger partial charge in [0.05, 0.1) is 0 Å². The Morgan fingerprint density at radius 3 is 2.33 bits per heavy atom. The topological polar surface area (TPSA) is 43.6 Å². The summed E-state index contributed by atoms with van der Waals surface area (Å²) < 4.78 is 1.75. The predicted molar refractivity (Wildman–Crippen MR) is 90.5 cm³/mol. The zero-order chi connectivity index (χ0) is 15.3. The van der Waals surface area contributed by atoms with E-state index < -0.39 is 0 Å². The lowest BCUT2D eigenvalue weighted by Gasteiger charge is -2.15. The van der Waals surface area contributed by atoms with Crippen LogP contribution in [0, 0.1) is 5.92 Å². The van der Waals surface area contributed by atoms with Gasteiger partial charge in [-0.25, -0.2) is 4.68 Å². The molecule has 4 nitrogen and oxygen atoms in total. The van der Waals surface area contributed by atoms with Crippen molar-refractivity contribution in [3.8, 4) is 0 Å². The fourth-order valence-electron chi connectivity index (χ4n) is 2.74. The van der Waals surface area contributed by atoms with Crippen LogP contribution in [0.2, 0.25) is 0 Å². The first kappa shape index (κ1) is 18.5. The third kappa shape index (κ3) is 8.44. The van der Waals surface area contributed by atoms with Crippen LogP contribution in [0.4, 0.5) is 0 Å². The van der Waals surface area contributed by atoms with Crippen molar-refractivity contribution in [1.29, 1.82) is 0 Å². The molecule has 1 atom stereocenters. The van der Waals surface area contributed by atoms with Gasteiger partial charge in [-0.05, 0) is 22.8 Å². The zero-order valence-corrected chi connectivity index (χ0v) is 14.9. The molecule has 1 aromatic rings. The number of unbranched alkanes of at least 4 members (excludes halogenated alkanes) is 4. The van der Waals surface area contributed by atoms with E-state index in [4.69, 9.17) is 0 Å². The van der Waals surface area contributed by atoms with Gasteiger partial charge < -0.3 is 0 Å². The van der Waals surface area contributed by atoms with Crippen LogP contribution in [-0.2, 0) is 7.05 Å². The van der Waals surface area contributed by atoms with Gasteiger partial charge in [0.25, 0.3) is 0 Å². The number of aromatic nitrogens is 4. The average molecular weight is 313 g/mol. The van der Waals surface area contributed by atoms with Crippen LogP contribution in [0.3, 0.4) is 0 Å². The van der Waals surface area contributed by atoms with Gasteiger partial charge in [-0.3, -0.25) is 0 Å². The predicted octanol–water partition coefficient (Wildman–Crippen LogP) is 4.86. The van der Waals surface area contributed by atoms with E-state index in [1.807, 2.05) is 7.05 Å². The van der Waals surface area contributed by atoms with Gasteiger partial charge in [-0.1, -0.05) is 83.4 Å². The summed E-state index contributed by atoms with van der Waals surface area (Å²) in [7, 11) is 1.90. The summed E-state index contributed by atoms with van der Waals surface area (Å²) in [5, 5.41) is 12.4. The minimum atomic E-state index is 0.930. The Balaban J connectivity index is 2.07. The Labute approximate surface area is 134 Å². The summed E-state index contributed by atoms with van der Waals surface area (Å²) in [6, 6.07) is 0. The van der Waals surface area contributed by atoms with E-state index in [1.54, 1.807) is 16.4 Å². The smallest absolute Gasteiger partial charge is 0.209 e. The van der Waals surface area contributed by atoms with Crippen LogP contribution in [0.15, 0.2) is 5.16 Å². The van der Waals surface area contributed by atoms with Crippen molar-refractivity contribution in [2.75, 3.05) is 5.75 Å². The standard InChI is InChI=1S/C16H32N4S/c1-4-6-7-8-12-15(11-5-2)13-9-10-14-21-16-17-18-19-20(16)3/h15H,4-14H2,1-3H3. The highest BCUT2D eigenvalue weighted by atomic mass is 32.2. The molecule has 1 unspecified atom stereocenters. The van der Waals surface area contributed by atoms with E-state index in [2.05, 4.69) is 29.4 Å². The number of rotatable bonds is 13. The Morgan fingerprint density at radius 1 is 0.952 bits per heavy atom. The molecule has 0 aliphatic rings. The van der Waals surface area contributed by atoms with Crippen LogP contribution < -0.4 is 0 Å². The summed E-state index contributed by atoms with van der Waals surface area (Å²) in [4.78, 5) is 0. The Kier molecular flexibility index (Phi) is 10.6. The first-order chi connectivity index (χ1) is 10.3. The molecule has 0 amide bonds. The minimum absolute atomic E-state index is 0.930. The molecule has 0 aliphatic carbocycles. The molecule has 0 bridgehead atoms. The molecule has 1 heterocycles. The van der Waals surface area contributed by atoms with Gasteiger partial charge in [0, 0.05) is 12.8 Å². The number of tetrazole rings is 1. The van der Waals surface area contributed by atoms with Gasteiger partial charge in [-0.15, -0.1) is 5.10 Å². The summed E-state index contributed by atoms with van der Waals surface area (Å²) in [5.74, 6) is 2.08. The van der Waals surface area contributed by atoms with Crippen molar-refractivity contribution in [2.24, 2.45) is 13.0 Å². The lowest BCUT2D eigenvalue weighted by molar-refractivity contribution is 0.385. The van der Waals surface area contributed by atoms with Crippen LogP contribution >= 0.6 is 11.8 Å². The van der Waals surface area contributed by atoms with E-state index >= 15 is 0 Å². The van der Waals surface area contributed by atoms with Crippen molar-refractivity contribution in [3.63, 3.8) is 0 Å². The third-order valence-corrected chi connectivity index (χ3v) is 5.08. The van der Waals surface area contributed by atoms with Gasteiger partial charge in [0.1, 0.15) is 0 Å². The molecule has 5 heteroatoms. The highest BCUT2D eigenvalue weighted by molar-refractivity contribution is 7.99. The number of aryl methyl sites for hydroxylation is 1. The molecule has 0 aromatic carbocycles. The number of hydrogen-bond acceptors (Lipinski definition) is 4. The van der Waals surface area contributed by atoms with E-state index in [0.29, 0.717) is 0 Å². The molecule has 1 aromatic heterocycles. The fraction of sp³-hybridized carbons (Fsp3) is 0.938. The molecule has 0 spiro atoms. The zero-order valence-electron chi connectivity index (χ0n) is 14.1. The molecular weight excluding hydrogens is 280 g/mol. The van der Waals surface area contributed by atoms with Crippen molar-refractivity contribution in [3.05, 3.63) is 0 Å². The highest BCUT2D eigenvalue weighted by Crippen LogP contribution is 2.23. The normalized spacial score (nSPS) is 12.7. The second kappa shape index (κ2) is 12.0. The van der Waals surface area contributed by atoms with Crippen LogP contribution in [0.25, 0.3) is 0 Å². The Bertz CT molecular complexity index is 354. The molecule has 0 saturated heterocycles. The van der Waals surface area contributed by atoms with E-state index in [0.717, 1.165) is 16.8 Å². The molecule has 0 saturated carbocycles. The molecule has 0 fully saturated rings. The Hall–Kier alpha value is -0.580. The molecule has 0 N–H and O–H groups in total. The highest BCUT2D eigenvalue weighted by Gasteiger charge is 2.08. The molecule has 122 valence electrons. The molecule has 21 heavy (non-hydrogen) atoms. The summed E-state index contributed by atoms with van der Waals surface area (Å²) >= 11 is 1.77. The molecule has 0 aliphatic heterocycles. The number of nitrogens with zero attached hydrogens (tertiary/aromatic N) is 4. The first-order valence-corrected chi connectivity index (χ1v) is 9.61. The fourth-order valence-corrected chi connectivity index (χ4v) is 3.59. The van der Waals surface area contributed by atoms with Crippen molar-refractivity contribution in [1.82, 2.24) is 20.2 Å². The second-order valence-electron chi connectivity index (χ2n) is 5.93. The quantitative estimate of drug-likeness (QED) is 0.385. The molecule has 1 rings (SSSR count). The largest absolute Gasteiger partial charge is 0.224 e. The maximum Gasteiger partial charge on any atom is 0.209 e. The van der Waals surface area contributed by atoms with Gasteiger partial charge >= 0.3 is 0 Å². The van der Waals surface area contributed by atoms with Crippen molar-refractivity contribution < 1.29 is 0 Å². The van der Waals surface area contributed by atoms with Gasteiger partial charge in [-0.2, -0.15) is 0 Å². The van der Waals surface area contributed by atoms with Crippen LogP contribution in [-0.4, -0.2) is 26.0 Å². The second-order valence-corrected chi connectivity index (χ2v) is 7.00. The van der Waals surface area contributed by atoms with Crippen molar-refractivity contribution in [2.45, 2.75) is 83.2 Å². The van der Waals surface area contributed by atoms with Gasteiger partial charge in [0.2, 0.25) is 5.16 Å². The summed E-state index contributed by atoms with van der Waals surface area (Å²) in [5.41, 5.74) is 0. The Morgan fingerprint density at radius 2 is 1.71 bits per heavy atom. The van der Waals surface area contributed by atoms with Crippen LogP contribution in [0.1, 0.15) is 78.1 Å². The monoisotopic (exact) mass is 312 g/mol. The molecule has 0 radical (unpaired) electrons. The SMILES string of the molecule is CCCCCCC(CCC)CCCCSc1nnnn1C. The summed E-state index contributed by atoms with van der Waals surface area (Å²) in [6.45, 7) is 4.60. The van der Waals surface area contributed by atoms with E-state index in [-0.39, 0.29) is 0 Å². The lowest BCUT2D eigenvalue weighted by atomic mass is 9.91. The molecular formula is C16H32N4S. The maximum atomic E-state index is 4.00. The number of hydrogen-bond donors (Lipinski definition) is 0. The minimum Gasteiger partial charge on any atom is -0.224 e. The van der Waals surface area contributed by atoms with E-state index in [9.17, 15) is 0 Å². The average Bonchev–Trinajstić information content (AvgIpc) is 2.88. The van der Waals surface area contributed by atoms with E-state index in [1.165, 1.54) is 64.2 Å². The van der Waals surface area contributed by atoms with Crippen molar-refractivity contribution >= 4 is 11.8 Å². The maximum absolute atomic E-state index is 4.00. The van der Waals surface area contributed by atoms with Crippen LogP contribution in [0.5, 0.6) is 0 Å².